The van der Waals surface area contributed by atoms with Gasteiger partial charge < -0.3 is 10.1 Å². The van der Waals surface area contributed by atoms with Gasteiger partial charge in [0.05, 0.1) is 0 Å². The highest BCUT2D eigenvalue weighted by Crippen LogP contribution is 2.14. The van der Waals surface area contributed by atoms with Gasteiger partial charge in [0.25, 0.3) is 0 Å². The van der Waals surface area contributed by atoms with Crippen LogP contribution in [0.3, 0.4) is 0 Å². The van der Waals surface area contributed by atoms with Crippen molar-refractivity contribution in [3.05, 3.63) is 0 Å². The number of nitrogens with one attached hydrogen (secondary N) is 1. The molecule has 0 spiro atoms. The Morgan fingerprint density at radius 2 is 2.00 bits per heavy atom. The van der Waals surface area contributed by atoms with Crippen molar-refractivity contribution >= 4 is 17.9 Å². The summed E-state index contributed by atoms with van der Waals surface area (Å²) >= 11 is 1.74. The fraction of sp³-hybridized carbons (Fsp3) is 0.889. The zero-order chi connectivity index (χ0) is 12.4. The minimum absolute atomic E-state index is 0.352. The lowest BCUT2D eigenvalue weighted by Crippen LogP contribution is -2.29. The lowest BCUT2D eigenvalue weighted by molar-refractivity contribution is -0.160. The van der Waals surface area contributed by atoms with Crippen LogP contribution in [0.2, 0.25) is 0 Å². The highest BCUT2D eigenvalue weighted by molar-refractivity contribution is 7.98. The number of amides is 1. The molecule has 0 aromatic heterocycles. The summed E-state index contributed by atoms with van der Waals surface area (Å²) in [7, 11) is 0. The molecule has 0 atom stereocenters. The molecule has 0 heterocycles. The summed E-state index contributed by atoms with van der Waals surface area (Å²) in [6, 6.07) is 0. The molecule has 0 aliphatic rings. The van der Waals surface area contributed by atoms with Crippen LogP contribution in [0, 0.1) is 0 Å². The van der Waals surface area contributed by atoms with Crippen molar-refractivity contribution in [2.45, 2.75) is 25.4 Å². The summed E-state index contributed by atoms with van der Waals surface area (Å²) < 4.78 is 38.9. The van der Waals surface area contributed by atoms with Gasteiger partial charge in [-0.1, -0.05) is 6.42 Å². The largest absolute Gasteiger partial charge is 0.440 e. The Bertz CT molecular complexity index is 200. The Hall–Kier alpha value is -0.590. The van der Waals surface area contributed by atoms with Crippen LogP contribution in [0.15, 0.2) is 0 Å². The SMILES string of the molecule is CSCCCCCNC(=O)OCC(F)(F)F. The minimum Gasteiger partial charge on any atom is -0.440 e. The number of halogens is 3. The number of rotatable bonds is 7. The second-order valence-electron chi connectivity index (χ2n) is 3.17. The van der Waals surface area contributed by atoms with E-state index >= 15 is 0 Å². The first-order valence-electron chi connectivity index (χ1n) is 4.92. The quantitative estimate of drug-likeness (QED) is 0.714. The van der Waals surface area contributed by atoms with Gasteiger partial charge in [-0.05, 0) is 24.9 Å². The van der Waals surface area contributed by atoms with Crippen molar-refractivity contribution in [2.75, 3.05) is 25.2 Å². The van der Waals surface area contributed by atoms with E-state index in [1.165, 1.54) is 0 Å². The van der Waals surface area contributed by atoms with Gasteiger partial charge in [-0.2, -0.15) is 24.9 Å². The highest BCUT2D eigenvalue weighted by Gasteiger charge is 2.29. The first-order valence-corrected chi connectivity index (χ1v) is 6.31. The summed E-state index contributed by atoms with van der Waals surface area (Å²) in [4.78, 5) is 10.7. The number of hydrogen-bond donors (Lipinski definition) is 1. The topological polar surface area (TPSA) is 38.3 Å². The summed E-state index contributed by atoms with van der Waals surface area (Å²) in [6.07, 6.45) is -0.729. The molecule has 7 heteroatoms. The van der Waals surface area contributed by atoms with Gasteiger partial charge in [0.15, 0.2) is 6.61 Å². The van der Waals surface area contributed by atoms with Gasteiger partial charge in [0, 0.05) is 6.54 Å². The van der Waals surface area contributed by atoms with Crippen LogP contribution in [0.5, 0.6) is 0 Å². The predicted octanol–water partition coefficient (Wildman–Crippen LogP) is 2.81. The average molecular weight is 259 g/mol. The molecule has 0 rings (SSSR count). The predicted molar refractivity (Wildman–Crippen MR) is 57.6 cm³/mol. The molecule has 0 saturated carbocycles. The fourth-order valence-electron chi connectivity index (χ4n) is 0.937. The van der Waals surface area contributed by atoms with E-state index in [1.54, 1.807) is 11.8 Å². The molecule has 0 aliphatic heterocycles. The van der Waals surface area contributed by atoms with Crippen molar-refractivity contribution < 1.29 is 22.7 Å². The van der Waals surface area contributed by atoms with Crippen LogP contribution < -0.4 is 5.32 Å². The monoisotopic (exact) mass is 259 g/mol. The van der Waals surface area contributed by atoms with Crippen LogP contribution >= 0.6 is 11.8 Å². The van der Waals surface area contributed by atoms with Crippen LogP contribution in [-0.2, 0) is 4.74 Å². The number of carbonyl (C=O) groups excluding carboxylic acids is 1. The first kappa shape index (κ1) is 15.4. The number of alkyl carbamates (subject to hydrolysis) is 1. The van der Waals surface area contributed by atoms with Gasteiger partial charge in [-0.3, -0.25) is 0 Å². The van der Waals surface area contributed by atoms with Crippen LogP contribution in [0.25, 0.3) is 0 Å². The average Bonchev–Trinajstić information content (AvgIpc) is 2.19. The highest BCUT2D eigenvalue weighted by atomic mass is 32.2. The molecule has 16 heavy (non-hydrogen) atoms. The van der Waals surface area contributed by atoms with Gasteiger partial charge >= 0.3 is 12.3 Å². The van der Waals surface area contributed by atoms with E-state index in [0.29, 0.717) is 6.54 Å². The normalized spacial score (nSPS) is 11.2. The van der Waals surface area contributed by atoms with E-state index in [1.807, 2.05) is 6.26 Å². The molecular formula is C9H16F3NO2S. The molecule has 3 nitrogen and oxygen atoms in total. The molecule has 0 unspecified atom stereocenters. The van der Waals surface area contributed by atoms with Gasteiger partial charge in [-0.25, -0.2) is 4.79 Å². The molecule has 0 aromatic rings. The Morgan fingerprint density at radius 3 is 2.56 bits per heavy atom. The molecule has 0 radical (unpaired) electrons. The summed E-state index contributed by atoms with van der Waals surface area (Å²) in [5, 5.41) is 2.26. The number of carbonyl (C=O) groups is 1. The zero-order valence-electron chi connectivity index (χ0n) is 9.10. The van der Waals surface area contributed by atoms with Crippen LogP contribution in [-0.4, -0.2) is 37.4 Å². The number of thioether (sulfide) groups is 1. The van der Waals surface area contributed by atoms with Crippen molar-refractivity contribution in [3.63, 3.8) is 0 Å². The number of hydrogen-bond acceptors (Lipinski definition) is 3. The molecule has 0 bridgehead atoms. The first-order chi connectivity index (χ1) is 7.45. The molecular weight excluding hydrogens is 243 g/mol. The van der Waals surface area contributed by atoms with E-state index < -0.39 is 18.9 Å². The van der Waals surface area contributed by atoms with Crippen LogP contribution in [0.4, 0.5) is 18.0 Å². The summed E-state index contributed by atoms with van der Waals surface area (Å²) in [5.74, 6) is 1.05. The van der Waals surface area contributed by atoms with Crippen molar-refractivity contribution in [3.8, 4) is 0 Å². The number of ether oxygens (including phenoxy) is 1. The van der Waals surface area contributed by atoms with E-state index in [0.717, 1.165) is 25.0 Å². The molecule has 0 saturated heterocycles. The Labute approximate surface area is 97.1 Å². The second-order valence-corrected chi connectivity index (χ2v) is 4.16. The maximum atomic E-state index is 11.6. The minimum atomic E-state index is -4.46. The number of unbranched alkanes of at least 4 members (excludes halogenated alkanes) is 2. The Balaban J connectivity index is 3.31. The summed E-state index contributed by atoms with van der Waals surface area (Å²) in [6.45, 7) is -1.18. The summed E-state index contributed by atoms with van der Waals surface area (Å²) in [5.41, 5.74) is 0. The molecule has 0 aromatic carbocycles. The lowest BCUT2D eigenvalue weighted by atomic mass is 10.2. The molecule has 0 fully saturated rings. The van der Waals surface area contributed by atoms with E-state index in [2.05, 4.69) is 10.1 Å². The third-order valence-electron chi connectivity index (χ3n) is 1.66. The zero-order valence-corrected chi connectivity index (χ0v) is 9.92. The second kappa shape index (κ2) is 8.55. The lowest BCUT2D eigenvalue weighted by Gasteiger charge is -2.08. The van der Waals surface area contributed by atoms with E-state index in [9.17, 15) is 18.0 Å². The Morgan fingerprint density at radius 1 is 1.31 bits per heavy atom. The maximum absolute atomic E-state index is 11.6. The number of alkyl halides is 3. The van der Waals surface area contributed by atoms with E-state index in [-0.39, 0.29) is 0 Å². The van der Waals surface area contributed by atoms with Crippen molar-refractivity contribution in [1.82, 2.24) is 5.32 Å². The van der Waals surface area contributed by atoms with Crippen molar-refractivity contribution in [1.29, 1.82) is 0 Å². The fourth-order valence-corrected chi connectivity index (χ4v) is 1.43. The smallest absolute Gasteiger partial charge is 0.422 e. The Kier molecular flexibility index (Phi) is 8.23. The third-order valence-corrected chi connectivity index (χ3v) is 2.36. The molecule has 1 amide bonds. The van der Waals surface area contributed by atoms with Crippen molar-refractivity contribution in [2.24, 2.45) is 0 Å². The van der Waals surface area contributed by atoms with Gasteiger partial charge in [0.2, 0.25) is 0 Å². The molecule has 96 valence electrons. The standard InChI is InChI=1S/C9H16F3NO2S/c1-16-6-4-2-3-5-13-8(14)15-7-9(10,11)12/h2-7H2,1H3,(H,13,14). The maximum Gasteiger partial charge on any atom is 0.422 e. The third kappa shape index (κ3) is 11.5. The van der Waals surface area contributed by atoms with Gasteiger partial charge in [-0.15, -0.1) is 0 Å². The van der Waals surface area contributed by atoms with Gasteiger partial charge in [0.1, 0.15) is 0 Å². The van der Waals surface area contributed by atoms with Crippen LogP contribution in [0.1, 0.15) is 19.3 Å². The molecule has 1 N–H and O–H groups in total. The molecule has 0 aliphatic carbocycles. The van der Waals surface area contributed by atoms with E-state index in [4.69, 9.17) is 0 Å².